The molecule has 1 amide bonds. The van der Waals surface area contributed by atoms with Crippen molar-refractivity contribution in [3.05, 3.63) is 63.2 Å². The Labute approximate surface area is 136 Å². The summed E-state index contributed by atoms with van der Waals surface area (Å²) in [5.41, 5.74) is 6.62. The van der Waals surface area contributed by atoms with Gasteiger partial charge in [-0.05, 0) is 18.2 Å². The highest BCUT2D eigenvalue weighted by Crippen LogP contribution is 2.33. The Morgan fingerprint density at radius 1 is 1.33 bits per heavy atom. The topological polar surface area (TPSA) is 114 Å². The molecule has 0 radical (unpaired) electrons. The number of primary amides is 1. The van der Waals surface area contributed by atoms with Gasteiger partial charge in [-0.15, -0.1) is 0 Å². The average molecular weight is 330 g/mol. The van der Waals surface area contributed by atoms with Crippen molar-refractivity contribution in [2.45, 2.75) is 13.2 Å². The molecule has 2 N–H and O–H groups in total. The van der Waals surface area contributed by atoms with Crippen LogP contribution in [0.25, 0.3) is 0 Å². The van der Waals surface area contributed by atoms with E-state index in [0.717, 1.165) is 0 Å². The lowest BCUT2D eigenvalue weighted by molar-refractivity contribution is -0.385. The Morgan fingerprint density at radius 2 is 2.17 bits per heavy atom. The van der Waals surface area contributed by atoms with Crippen LogP contribution < -0.4 is 15.2 Å². The normalized spacial score (nSPS) is 12.8. The molecule has 0 saturated carbocycles. The first kappa shape index (κ1) is 15.8. The van der Waals surface area contributed by atoms with Gasteiger partial charge in [0.1, 0.15) is 18.1 Å². The molecule has 0 unspecified atom stereocenters. The fraction of sp³-hybridized carbons (Fsp3) is 0.188. The summed E-state index contributed by atoms with van der Waals surface area (Å²) in [6.07, 6.45) is 0. The van der Waals surface area contributed by atoms with Gasteiger partial charge < -0.3 is 19.9 Å². The second-order valence-corrected chi connectivity index (χ2v) is 5.14. The van der Waals surface area contributed by atoms with Crippen LogP contribution in [0.15, 0.2) is 36.4 Å². The van der Waals surface area contributed by atoms with E-state index in [-0.39, 0.29) is 25.7 Å². The molecule has 0 spiro atoms. The smallest absolute Gasteiger partial charge is 0.270 e. The maximum atomic E-state index is 11.2. The Balaban J connectivity index is 1.86. The minimum Gasteiger partial charge on any atom is -0.489 e. The summed E-state index contributed by atoms with van der Waals surface area (Å²) in [7, 11) is 0. The summed E-state index contributed by atoms with van der Waals surface area (Å²) >= 11 is 0. The Morgan fingerprint density at radius 3 is 2.92 bits per heavy atom. The summed E-state index contributed by atoms with van der Waals surface area (Å²) < 4.78 is 16.2. The van der Waals surface area contributed by atoms with Gasteiger partial charge in [-0.25, -0.2) is 0 Å². The number of benzene rings is 2. The molecule has 1 aliphatic heterocycles. The third kappa shape index (κ3) is 3.28. The van der Waals surface area contributed by atoms with Crippen LogP contribution in [0.2, 0.25) is 0 Å². The number of nitro groups is 1. The highest BCUT2D eigenvalue weighted by atomic mass is 16.7. The van der Waals surface area contributed by atoms with Crippen LogP contribution in [-0.2, 0) is 18.0 Å². The van der Waals surface area contributed by atoms with E-state index in [2.05, 4.69) is 0 Å². The van der Waals surface area contributed by atoms with Gasteiger partial charge in [0.05, 0.1) is 11.5 Å². The molecule has 0 bridgehead atoms. The zero-order valence-electron chi connectivity index (χ0n) is 12.6. The molecule has 0 atom stereocenters. The van der Waals surface area contributed by atoms with Crippen LogP contribution in [-0.4, -0.2) is 17.6 Å². The fourth-order valence-electron chi connectivity index (χ4n) is 2.39. The van der Waals surface area contributed by atoms with Crippen LogP contribution in [0.3, 0.4) is 0 Å². The van der Waals surface area contributed by atoms with Gasteiger partial charge in [0, 0.05) is 28.8 Å². The second-order valence-electron chi connectivity index (χ2n) is 5.14. The number of ether oxygens (including phenoxy) is 3. The van der Waals surface area contributed by atoms with E-state index in [1.807, 2.05) is 0 Å². The number of hydrogen-bond acceptors (Lipinski definition) is 6. The van der Waals surface area contributed by atoms with Crippen molar-refractivity contribution < 1.29 is 23.9 Å². The lowest BCUT2D eigenvalue weighted by Crippen LogP contribution is -2.14. The minimum absolute atomic E-state index is 0.0478. The number of rotatable bonds is 5. The van der Waals surface area contributed by atoms with Gasteiger partial charge in [-0.1, -0.05) is 6.07 Å². The number of nitrogens with zero attached hydrogens (tertiary/aromatic N) is 1. The second kappa shape index (κ2) is 6.55. The van der Waals surface area contributed by atoms with Crippen molar-refractivity contribution in [2.24, 2.45) is 5.73 Å². The fourth-order valence-corrected chi connectivity index (χ4v) is 2.39. The summed E-state index contributed by atoms with van der Waals surface area (Å²) in [6.45, 7) is 0.363. The SMILES string of the molecule is NC(=O)c1cccc(OCc2cc([N+](=O)[O-])cc3c2OCOC3)c1. The first-order valence-electron chi connectivity index (χ1n) is 7.08. The monoisotopic (exact) mass is 330 g/mol. The maximum absolute atomic E-state index is 11.2. The van der Waals surface area contributed by atoms with Gasteiger partial charge in [0.25, 0.3) is 5.69 Å². The number of carbonyl (C=O) groups is 1. The average Bonchev–Trinajstić information content (AvgIpc) is 2.59. The van der Waals surface area contributed by atoms with E-state index in [1.54, 1.807) is 18.2 Å². The minimum atomic E-state index is -0.561. The molecule has 0 fully saturated rings. The van der Waals surface area contributed by atoms with E-state index in [1.165, 1.54) is 18.2 Å². The van der Waals surface area contributed by atoms with E-state index in [9.17, 15) is 14.9 Å². The Bertz CT molecular complexity index is 805. The number of nitro benzene ring substituents is 1. The molecule has 2 aromatic carbocycles. The van der Waals surface area contributed by atoms with Crippen LogP contribution in [0.4, 0.5) is 5.69 Å². The molecule has 1 aliphatic rings. The van der Waals surface area contributed by atoms with Gasteiger partial charge in [-0.2, -0.15) is 0 Å². The molecule has 0 saturated heterocycles. The van der Waals surface area contributed by atoms with Crippen molar-refractivity contribution in [2.75, 3.05) is 6.79 Å². The van der Waals surface area contributed by atoms with Crippen molar-refractivity contribution in [3.8, 4) is 11.5 Å². The lowest BCUT2D eigenvalue weighted by atomic mass is 10.1. The van der Waals surface area contributed by atoms with Crippen molar-refractivity contribution in [1.29, 1.82) is 0 Å². The third-order valence-corrected chi connectivity index (χ3v) is 3.50. The summed E-state index contributed by atoms with van der Waals surface area (Å²) in [5.74, 6) is 0.394. The lowest BCUT2D eigenvalue weighted by Gasteiger charge is -2.20. The van der Waals surface area contributed by atoms with Crippen molar-refractivity contribution in [1.82, 2.24) is 0 Å². The van der Waals surface area contributed by atoms with Crippen LogP contribution in [0, 0.1) is 10.1 Å². The van der Waals surface area contributed by atoms with Crippen LogP contribution in [0.5, 0.6) is 11.5 Å². The predicted octanol–water partition coefficient (Wildman–Crippen LogP) is 2.14. The largest absolute Gasteiger partial charge is 0.489 e. The molecular formula is C16H14N2O6. The summed E-state index contributed by atoms with van der Waals surface area (Å²) in [5, 5.41) is 11.1. The zero-order chi connectivity index (χ0) is 17.1. The molecular weight excluding hydrogens is 316 g/mol. The van der Waals surface area contributed by atoms with E-state index < -0.39 is 10.8 Å². The molecule has 1 heterocycles. The summed E-state index contributed by atoms with van der Waals surface area (Å²) in [4.78, 5) is 21.8. The van der Waals surface area contributed by atoms with Gasteiger partial charge >= 0.3 is 0 Å². The molecule has 0 aliphatic carbocycles. The molecule has 8 heteroatoms. The maximum Gasteiger partial charge on any atom is 0.270 e. The van der Waals surface area contributed by atoms with Gasteiger partial charge in [-0.3, -0.25) is 14.9 Å². The highest BCUT2D eigenvalue weighted by molar-refractivity contribution is 5.93. The van der Waals surface area contributed by atoms with Crippen LogP contribution >= 0.6 is 0 Å². The predicted molar refractivity (Wildman–Crippen MR) is 82.7 cm³/mol. The number of carbonyl (C=O) groups excluding carboxylic acids is 1. The molecule has 8 nitrogen and oxygen atoms in total. The Hall–Kier alpha value is -3.13. The number of hydrogen-bond donors (Lipinski definition) is 1. The number of fused-ring (bicyclic) bond motifs is 1. The van der Waals surface area contributed by atoms with Crippen molar-refractivity contribution >= 4 is 11.6 Å². The van der Waals surface area contributed by atoms with Crippen molar-refractivity contribution in [3.63, 3.8) is 0 Å². The zero-order valence-corrected chi connectivity index (χ0v) is 12.6. The summed E-state index contributed by atoms with van der Waals surface area (Å²) in [6, 6.07) is 9.22. The number of amides is 1. The molecule has 3 rings (SSSR count). The highest BCUT2D eigenvalue weighted by Gasteiger charge is 2.21. The first-order chi connectivity index (χ1) is 11.5. The van der Waals surface area contributed by atoms with E-state index in [0.29, 0.717) is 28.2 Å². The molecule has 2 aromatic rings. The van der Waals surface area contributed by atoms with E-state index in [4.69, 9.17) is 19.9 Å². The molecule has 0 aromatic heterocycles. The van der Waals surface area contributed by atoms with Gasteiger partial charge in [0.15, 0.2) is 6.79 Å². The van der Waals surface area contributed by atoms with Gasteiger partial charge in [0.2, 0.25) is 5.91 Å². The molecule has 124 valence electrons. The molecule has 24 heavy (non-hydrogen) atoms. The Kier molecular flexibility index (Phi) is 4.30. The van der Waals surface area contributed by atoms with Crippen LogP contribution in [0.1, 0.15) is 21.5 Å². The standard InChI is InChI=1S/C16H14N2O6/c17-16(19)10-2-1-3-14(6-10)23-8-12-5-13(18(20)21)4-11-7-22-9-24-15(11)12/h1-6H,7-9H2,(H2,17,19). The first-order valence-corrected chi connectivity index (χ1v) is 7.08. The quantitative estimate of drug-likeness (QED) is 0.663. The number of nitrogens with two attached hydrogens (primary N) is 1. The third-order valence-electron chi connectivity index (χ3n) is 3.50. The number of non-ortho nitro benzene ring substituents is 1. The van der Waals surface area contributed by atoms with E-state index >= 15 is 0 Å².